The number of hydrogen-bond donors (Lipinski definition) is 1. The normalized spacial score (nSPS) is 15.2. The molecule has 2 amide bonds. The Morgan fingerprint density at radius 2 is 1.75 bits per heavy atom. The van der Waals surface area contributed by atoms with Gasteiger partial charge in [-0.1, -0.05) is 36.4 Å². The van der Waals surface area contributed by atoms with Gasteiger partial charge < -0.3 is 10.2 Å². The predicted octanol–water partition coefficient (Wildman–Crippen LogP) is 4.10. The molecule has 164 valence electrons. The Hall–Kier alpha value is -3.54. The largest absolute Gasteiger partial charge is 0.359 e. The summed E-state index contributed by atoms with van der Waals surface area (Å²) in [6.07, 6.45) is 4.85. The summed E-state index contributed by atoms with van der Waals surface area (Å²) >= 11 is 0. The van der Waals surface area contributed by atoms with Gasteiger partial charge in [0.1, 0.15) is 5.82 Å². The number of hydrogen-bond acceptors (Lipinski definition) is 3. The summed E-state index contributed by atoms with van der Waals surface area (Å²) < 4.78 is 13.9. The van der Waals surface area contributed by atoms with Crippen LogP contribution < -0.4 is 5.32 Å². The second kappa shape index (κ2) is 9.30. The highest BCUT2D eigenvalue weighted by molar-refractivity contribution is 5.94. The average Bonchev–Trinajstić information content (AvgIpc) is 2.84. The first-order valence-electron chi connectivity index (χ1n) is 10.8. The van der Waals surface area contributed by atoms with Gasteiger partial charge in [0.15, 0.2) is 0 Å². The zero-order valence-corrected chi connectivity index (χ0v) is 18.1. The summed E-state index contributed by atoms with van der Waals surface area (Å²) in [6.45, 7) is 0.993. The van der Waals surface area contributed by atoms with E-state index >= 15 is 0 Å². The minimum atomic E-state index is -0.632. The molecule has 6 heteroatoms. The van der Waals surface area contributed by atoms with Gasteiger partial charge in [0.2, 0.25) is 5.91 Å². The monoisotopic (exact) mass is 431 g/mol. The number of amides is 2. The van der Waals surface area contributed by atoms with Crippen LogP contribution in [0.3, 0.4) is 0 Å². The fraction of sp³-hybridized carbons (Fsp3) is 0.269. The molecule has 0 spiro atoms. The molecular weight excluding hydrogens is 405 g/mol. The van der Waals surface area contributed by atoms with Crippen LogP contribution in [0, 0.1) is 11.2 Å². The molecule has 5 nitrogen and oxygen atoms in total. The Morgan fingerprint density at radius 1 is 1.03 bits per heavy atom. The maximum atomic E-state index is 13.9. The highest BCUT2D eigenvalue weighted by Crippen LogP contribution is 2.38. The minimum absolute atomic E-state index is 0.0254. The van der Waals surface area contributed by atoms with Crippen molar-refractivity contribution in [1.82, 2.24) is 15.2 Å². The van der Waals surface area contributed by atoms with E-state index in [0.29, 0.717) is 37.9 Å². The number of nitrogens with zero attached hydrogens (tertiary/aromatic N) is 2. The molecule has 32 heavy (non-hydrogen) atoms. The number of rotatable bonds is 5. The van der Waals surface area contributed by atoms with E-state index in [1.165, 1.54) is 12.1 Å². The van der Waals surface area contributed by atoms with Crippen LogP contribution in [0.25, 0.3) is 11.1 Å². The molecule has 2 aromatic carbocycles. The van der Waals surface area contributed by atoms with E-state index in [0.717, 1.165) is 16.7 Å². The number of piperidine rings is 1. The molecule has 1 N–H and O–H groups in total. The van der Waals surface area contributed by atoms with Crippen molar-refractivity contribution in [3.05, 3.63) is 90.0 Å². The van der Waals surface area contributed by atoms with Crippen LogP contribution in [-0.2, 0) is 11.2 Å². The van der Waals surface area contributed by atoms with Gasteiger partial charge in [-0.25, -0.2) is 4.39 Å². The second-order valence-corrected chi connectivity index (χ2v) is 8.23. The number of likely N-dealkylation sites (tertiary alicyclic amines) is 1. The lowest BCUT2D eigenvalue weighted by Crippen LogP contribution is -2.50. The number of carbonyl (C=O) groups excluding carboxylic acids is 2. The molecule has 4 rings (SSSR count). The van der Waals surface area contributed by atoms with Crippen molar-refractivity contribution in [2.45, 2.75) is 19.3 Å². The van der Waals surface area contributed by atoms with Crippen LogP contribution in [0.15, 0.2) is 73.1 Å². The zero-order valence-electron chi connectivity index (χ0n) is 18.1. The third kappa shape index (κ3) is 4.40. The van der Waals surface area contributed by atoms with Crippen molar-refractivity contribution >= 4 is 11.8 Å². The van der Waals surface area contributed by atoms with Crippen molar-refractivity contribution in [3.63, 3.8) is 0 Å². The van der Waals surface area contributed by atoms with Crippen molar-refractivity contribution < 1.29 is 14.0 Å². The highest BCUT2D eigenvalue weighted by Gasteiger charge is 2.42. The standard InChI is InChI=1S/C26H26FN3O2/c1-28-25(32)26(11-15-30(16-12-26)24(31)19-9-13-29-14-10-19)18-21-5-2-3-8-23(21)20-6-4-7-22(27)17-20/h2-10,13-14,17H,11-12,15-16,18H2,1H3,(H,28,32). The zero-order chi connectivity index (χ0) is 22.6. The minimum Gasteiger partial charge on any atom is -0.359 e. The van der Waals surface area contributed by atoms with Crippen LogP contribution in [0.1, 0.15) is 28.8 Å². The molecule has 0 bridgehead atoms. The topological polar surface area (TPSA) is 62.3 Å². The first kappa shape index (κ1) is 21.7. The van der Waals surface area contributed by atoms with Gasteiger partial charge in [-0.15, -0.1) is 0 Å². The molecule has 1 aliphatic rings. The molecule has 0 unspecified atom stereocenters. The predicted molar refractivity (Wildman–Crippen MR) is 121 cm³/mol. The van der Waals surface area contributed by atoms with E-state index in [4.69, 9.17) is 0 Å². The van der Waals surface area contributed by atoms with Crippen molar-refractivity contribution in [2.75, 3.05) is 20.1 Å². The number of pyridine rings is 1. The molecule has 1 aromatic heterocycles. The molecule has 1 saturated heterocycles. The second-order valence-electron chi connectivity index (χ2n) is 8.23. The molecule has 1 aliphatic heterocycles. The van der Waals surface area contributed by atoms with Crippen molar-refractivity contribution in [2.24, 2.45) is 5.41 Å². The van der Waals surface area contributed by atoms with E-state index in [2.05, 4.69) is 10.3 Å². The molecule has 0 saturated carbocycles. The fourth-order valence-electron chi connectivity index (χ4n) is 4.54. The SMILES string of the molecule is CNC(=O)C1(Cc2ccccc2-c2cccc(F)c2)CCN(C(=O)c2ccncc2)CC1. The van der Waals surface area contributed by atoms with E-state index in [-0.39, 0.29) is 17.6 Å². The van der Waals surface area contributed by atoms with Crippen LogP contribution in [0.5, 0.6) is 0 Å². The molecule has 0 aliphatic carbocycles. The summed E-state index contributed by atoms with van der Waals surface area (Å²) in [4.78, 5) is 31.7. The molecule has 2 heterocycles. The van der Waals surface area contributed by atoms with Gasteiger partial charge in [-0.2, -0.15) is 0 Å². The number of aromatic nitrogens is 1. The molecule has 1 fully saturated rings. The van der Waals surface area contributed by atoms with Crippen LogP contribution >= 0.6 is 0 Å². The lowest BCUT2D eigenvalue weighted by atomic mass is 9.72. The number of halogens is 1. The summed E-state index contributed by atoms with van der Waals surface area (Å²) in [5.41, 5.74) is 2.68. The maximum Gasteiger partial charge on any atom is 0.253 e. The average molecular weight is 432 g/mol. The van der Waals surface area contributed by atoms with Gasteiger partial charge >= 0.3 is 0 Å². The summed E-state index contributed by atoms with van der Waals surface area (Å²) in [5, 5.41) is 2.83. The van der Waals surface area contributed by atoms with E-state index in [9.17, 15) is 14.0 Å². The highest BCUT2D eigenvalue weighted by atomic mass is 19.1. The van der Waals surface area contributed by atoms with Crippen LogP contribution in [0.2, 0.25) is 0 Å². The Labute approximate surface area is 187 Å². The van der Waals surface area contributed by atoms with Gasteiger partial charge in [0.05, 0.1) is 5.41 Å². The third-order valence-electron chi connectivity index (χ3n) is 6.33. The van der Waals surface area contributed by atoms with Gasteiger partial charge in [-0.05, 0) is 60.2 Å². The Kier molecular flexibility index (Phi) is 6.30. The van der Waals surface area contributed by atoms with Gasteiger partial charge in [0.25, 0.3) is 5.91 Å². The van der Waals surface area contributed by atoms with Gasteiger partial charge in [0, 0.05) is 38.1 Å². The maximum absolute atomic E-state index is 13.9. The van der Waals surface area contributed by atoms with Crippen LogP contribution in [-0.4, -0.2) is 41.8 Å². The lowest BCUT2D eigenvalue weighted by molar-refractivity contribution is -0.133. The summed E-state index contributed by atoms with van der Waals surface area (Å²) in [6, 6.07) is 17.8. The molecule has 0 radical (unpaired) electrons. The third-order valence-corrected chi connectivity index (χ3v) is 6.33. The van der Waals surface area contributed by atoms with Crippen molar-refractivity contribution in [1.29, 1.82) is 0 Å². The van der Waals surface area contributed by atoms with E-state index in [1.54, 1.807) is 42.5 Å². The Balaban J connectivity index is 1.59. The molecule has 3 aromatic rings. The van der Waals surface area contributed by atoms with Crippen molar-refractivity contribution in [3.8, 4) is 11.1 Å². The number of nitrogens with one attached hydrogen (secondary N) is 1. The quantitative estimate of drug-likeness (QED) is 0.662. The fourth-order valence-corrected chi connectivity index (χ4v) is 4.54. The van der Waals surface area contributed by atoms with Gasteiger partial charge in [-0.3, -0.25) is 14.6 Å². The Bertz CT molecular complexity index is 1110. The molecular formula is C26H26FN3O2. The van der Waals surface area contributed by atoms with E-state index < -0.39 is 5.41 Å². The Morgan fingerprint density at radius 3 is 2.44 bits per heavy atom. The summed E-state index contributed by atoms with van der Waals surface area (Å²) in [5.74, 6) is -0.359. The number of carbonyl (C=O) groups is 2. The van der Waals surface area contributed by atoms with Crippen LogP contribution in [0.4, 0.5) is 4.39 Å². The smallest absolute Gasteiger partial charge is 0.253 e. The first-order chi connectivity index (χ1) is 15.5. The van der Waals surface area contributed by atoms with E-state index in [1.807, 2.05) is 30.3 Å². The first-order valence-corrected chi connectivity index (χ1v) is 10.8. The summed E-state index contributed by atoms with van der Waals surface area (Å²) in [7, 11) is 1.65. The lowest BCUT2D eigenvalue weighted by Gasteiger charge is -2.41. The number of benzene rings is 2. The molecule has 0 atom stereocenters.